The first-order chi connectivity index (χ1) is 11.7. The van der Waals surface area contributed by atoms with Crippen molar-refractivity contribution in [3.8, 4) is 0 Å². The van der Waals surface area contributed by atoms with Crippen molar-refractivity contribution < 1.29 is 4.39 Å². The van der Waals surface area contributed by atoms with E-state index in [0.717, 1.165) is 43.0 Å². The van der Waals surface area contributed by atoms with E-state index in [1.54, 1.807) is 0 Å². The third-order valence-corrected chi connectivity index (χ3v) is 4.94. The molecule has 0 unspecified atom stereocenters. The first-order valence-corrected chi connectivity index (χ1v) is 8.61. The Morgan fingerprint density at radius 1 is 1.33 bits per heavy atom. The van der Waals surface area contributed by atoms with E-state index in [1.165, 1.54) is 30.7 Å². The van der Waals surface area contributed by atoms with Crippen molar-refractivity contribution in [2.45, 2.75) is 38.8 Å². The molecule has 0 radical (unpaired) electrons. The van der Waals surface area contributed by atoms with Crippen LogP contribution in [0.5, 0.6) is 0 Å². The second kappa shape index (κ2) is 6.36. The summed E-state index contributed by atoms with van der Waals surface area (Å²) in [6.45, 7) is 5.83. The number of likely N-dealkylation sites (tertiary alicyclic amines) is 1. The maximum Gasteiger partial charge on any atom is 0.125 e. The summed E-state index contributed by atoms with van der Waals surface area (Å²) < 4.78 is 15.7. The van der Waals surface area contributed by atoms with Crippen LogP contribution in [0, 0.1) is 5.82 Å². The van der Waals surface area contributed by atoms with Crippen LogP contribution in [0.1, 0.15) is 37.2 Å². The highest BCUT2D eigenvalue weighted by Crippen LogP contribution is 2.27. The average molecular weight is 327 g/mol. The number of imidazole rings is 1. The molecule has 1 aliphatic rings. The third-order valence-electron chi connectivity index (χ3n) is 4.94. The fourth-order valence-corrected chi connectivity index (χ4v) is 3.77. The lowest BCUT2D eigenvalue weighted by Crippen LogP contribution is -2.34. The minimum absolute atomic E-state index is 0.230. The molecular weight excluding hydrogens is 305 g/mol. The number of H-pyrrole nitrogens is 1. The molecule has 0 spiro atoms. The molecule has 3 aromatic rings. The molecule has 0 saturated carbocycles. The molecule has 1 fully saturated rings. The fourth-order valence-electron chi connectivity index (χ4n) is 3.77. The smallest absolute Gasteiger partial charge is 0.125 e. The van der Waals surface area contributed by atoms with E-state index in [2.05, 4.69) is 37.6 Å². The van der Waals surface area contributed by atoms with E-state index in [-0.39, 0.29) is 5.82 Å². The van der Waals surface area contributed by atoms with Crippen molar-refractivity contribution in [1.82, 2.24) is 24.6 Å². The number of rotatable bonds is 4. The molecule has 1 saturated heterocycles. The summed E-state index contributed by atoms with van der Waals surface area (Å²) in [7, 11) is 0. The zero-order valence-electron chi connectivity index (χ0n) is 13.9. The number of nitrogens with zero attached hydrogens (tertiary/aromatic N) is 4. The van der Waals surface area contributed by atoms with E-state index < -0.39 is 0 Å². The van der Waals surface area contributed by atoms with Gasteiger partial charge in [0, 0.05) is 37.0 Å². The molecule has 2 aromatic heterocycles. The number of hydrogen-bond donors (Lipinski definition) is 1. The first kappa shape index (κ1) is 15.3. The highest BCUT2D eigenvalue weighted by molar-refractivity contribution is 5.76. The minimum atomic E-state index is -0.230. The lowest BCUT2D eigenvalue weighted by molar-refractivity contribution is 0.192. The molecule has 1 aliphatic heterocycles. The Bertz CT molecular complexity index is 823. The quantitative estimate of drug-likeness (QED) is 0.800. The van der Waals surface area contributed by atoms with E-state index in [0.29, 0.717) is 5.92 Å². The fraction of sp³-hybridized carbons (Fsp3) is 0.444. The van der Waals surface area contributed by atoms with Crippen molar-refractivity contribution in [1.29, 1.82) is 0 Å². The molecule has 126 valence electrons. The summed E-state index contributed by atoms with van der Waals surface area (Å²) >= 11 is 0. The number of benzene rings is 1. The van der Waals surface area contributed by atoms with Gasteiger partial charge in [-0.1, -0.05) is 0 Å². The van der Waals surface area contributed by atoms with Gasteiger partial charge < -0.3 is 4.57 Å². The van der Waals surface area contributed by atoms with E-state index in [4.69, 9.17) is 0 Å². The number of aromatic nitrogens is 4. The van der Waals surface area contributed by atoms with E-state index in [1.807, 2.05) is 12.3 Å². The minimum Gasteiger partial charge on any atom is -0.327 e. The van der Waals surface area contributed by atoms with Gasteiger partial charge in [-0.05, 0) is 44.5 Å². The molecule has 0 amide bonds. The second-order valence-electron chi connectivity index (χ2n) is 6.49. The Labute approximate surface area is 140 Å². The second-order valence-corrected chi connectivity index (χ2v) is 6.49. The molecule has 24 heavy (non-hydrogen) atoms. The average Bonchev–Trinajstić information content (AvgIpc) is 3.22. The van der Waals surface area contributed by atoms with Crippen LogP contribution in [0.15, 0.2) is 30.5 Å². The van der Waals surface area contributed by atoms with Gasteiger partial charge in [0.1, 0.15) is 11.6 Å². The van der Waals surface area contributed by atoms with Gasteiger partial charge in [-0.3, -0.25) is 10.00 Å². The summed E-state index contributed by atoms with van der Waals surface area (Å²) in [5.74, 6) is 1.29. The molecule has 4 rings (SSSR count). The Hall–Kier alpha value is -2.21. The number of fused-ring (bicyclic) bond motifs is 1. The molecular formula is C18H22FN5. The lowest BCUT2D eigenvalue weighted by atomic mass is 9.95. The molecule has 1 aromatic carbocycles. The summed E-state index contributed by atoms with van der Waals surface area (Å²) in [5.41, 5.74) is 2.97. The number of halogens is 1. The SMILES string of the molecule is CCn1c(CN2CCC[C@H](c3ccn[nH]3)C2)nc2cc(F)ccc21. The Balaban J connectivity index is 1.57. The highest BCUT2D eigenvalue weighted by Gasteiger charge is 2.23. The summed E-state index contributed by atoms with van der Waals surface area (Å²) in [5, 5.41) is 7.18. The zero-order chi connectivity index (χ0) is 16.5. The summed E-state index contributed by atoms with van der Waals surface area (Å²) in [6.07, 6.45) is 4.18. The van der Waals surface area contributed by atoms with Crippen molar-refractivity contribution in [2.24, 2.45) is 0 Å². The van der Waals surface area contributed by atoms with E-state index >= 15 is 0 Å². The number of hydrogen-bond acceptors (Lipinski definition) is 3. The zero-order valence-corrected chi connectivity index (χ0v) is 13.9. The van der Waals surface area contributed by atoms with Gasteiger partial charge in [-0.15, -0.1) is 0 Å². The number of piperidine rings is 1. The van der Waals surface area contributed by atoms with Gasteiger partial charge in [-0.25, -0.2) is 9.37 Å². The van der Waals surface area contributed by atoms with Crippen LogP contribution >= 0.6 is 0 Å². The van der Waals surface area contributed by atoms with Gasteiger partial charge in [0.25, 0.3) is 0 Å². The van der Waals surface area contributed by atoms with Crippen molar-refractivity contribution in [2.75, 3.05) is 13.1 Å². The third kappa shape index (κ3) is 2.82. The largest absolute Gasteiger partial charge is 0.327 e. The van der Waals surface area contributed by atoms with Crippen molar-refractivity contribution >= 4 is 11.0 Å². The normalized spacial score (nSPS) is 19.2. The van der Waals surface area contributed by atoms with Crippen LogP contribution in [-0.2, 0) is 13.1 Å². The summed E-state index contributed by atoms with van der Waals surface area (Å²) in [6, 6.07) is 6.93. The van der Waals surface area contributed by atoms with Gasteiger partial charge in [0.2, 0.25) is 0 Å². The molecule has 0 bridgehead atoms. The Morgan fingerprint density at radius 3 is 3.04 bits per heavy atom. The van der Waals surface area contributed by atoms with Gasteiger partial charge in [-0.2, -0.15) is 5.10 Å². The van der Waals surface area contributed by atoms with Crippen LogP contribution in [0.4, 0.5) is 4.39 Å². The lowest BCUT2D eigenvalue weighted by Gasteiger charge is -2.31. The predicted molar refractivity (Wildman–Crippen MR) is 91.2 cm³/mol. The van der Waals surface area contributed by atoms with E-state index in [9.17, 15) is 4.39 Å². The van der Waals surface area contributed by atoms with Crippen molar-refractivity contribution in [3.05, 3.63) is 47.8 Å². The standard InChI is InChI=1S/C18H22FN5/c1-2-24-17-6-5-14(19)10-16(17)21-18(24)12-23-9-3-4-13(11-23)15-7-8-20-22-15/h5-8,10,13H,2-4,9,11-12H2,1H3,(H,20,22)/t13-/m0/s1. The number of aryl methyl sites for hydroxylation is 1. The van der Waals surface area contributed by atoms with Crippen LogP contribution in [0.3, 0.4) is 0 Å². The van der Waals surface area contributed by atoms with Crippen molar-refractivity contribution in [3.63, 3.8) is 0 Å². The summed E-state index contributed by atoms with van der Waals surface area (Å²) in [4.78, 5) is 7.13. The monoisotopic (exact) mass is 327 g/mol. The van der Waals surface area contributed by atoms with Gasteiger partial charge in [0.05, 0.1) is 17.6 Å². The van der Waals surface area contributed by atoms with Crippen LogP contribution in [0.2, 0.25) is 0 Å². The maximum atomic E-state index is 13.5. The van der Waals surface area contributed by atoms with Gasteiger partial charge in [0.15, 0.2) is 0 Å². The Morgan fingerprint density at radius 2 is 2.25 bits per heavy atom. The van der Waals surface area contributed by atoms with Crippen LogP contribution in [-0.4, -0.2) is 37.7 Å². The topological polar surface area (TPSA) is 49.7 Å². The first-order valence-electron chi connectivity index (χ1n) is 8.61. The predicted octanol–water partition coefficient (Wildman–Crippen LogP) is 3.30. The van der Waals surface area contributed by atoms with Gasteiger partial charge >= 0.3 is 0 Å². The number of nitrogens with one attached hydrogen (secondary N) is 1. The molecule has 1 N–H and O–H groups in total. The molecule has 5 nitrogen and oxygen atoms in total. The van der Waals surface area contributed by atoms with Crippen LogP contribution in [0.25, 0.3) is 11.0 Å². The molecule has 6 heteroatoms. The van der Waals surface area contributed by atoms with Crippen LogP contribution < -0.4 is 0 Å². The Kier molecular flexibility index (Phi) is 4.06. The maximum absolute atomic E-state index is 13.5. The molecule has 1 atom stereocenters. The molecule has 0 aliphatic carbocycles. The molecule has 3 heterocycles. The highest BCUT2D eigenvalue weighted by atomic mass is 19.1. The number of aromatic amines is 1.